The van der Waals surface area contributed by atoms with Gasteiger partial charge in [-0.15, -0.1) is 0 Å². The Morgan fingerprint density at radius 1 is 0.857 bits per heavy atom. The number of hydrogen-bond donors (Lipinski definition) is 0. The van der Waals surface area contributed by atoms with Gasteiger partial charge in [-0.3, -0.25) is 4.79 Å². The molecular formula is C26H52O2. The van der Waals surface area contributed by atoms with Gasteiger partial charge in [0, 0.05) is 12.8 Å². The Balaban J connectivity index is 0. The molecule has 1 aliphatic rings. The van der Waals surface area contributed by atoms with Gasteiger partial charge in [0.05, 0.1) is 0 Å². The molecule has 0 aromatic rings. The van der Waals surface area contributed by atoms with E-state index in [-0.39, 0.29) is 0 Å². The second kappa shape index (κ2) is 22.6. The fourth-order valence-electron chi connectivity index (χ4n) is 4.27. The molecule has 28 heavy (non-hydrogen) atoms. The van der Waals surface area contributed by atoms with Crippen LogP contribution in [0.3, 0.4) is 0 Å². The number of Topliss-reactive ketones (excluding diaryl/α,β-unsaturated/α-hetero) is 1. The Labute approximate surface area is 177 Å². The van der Waals surface area contributed by atoms with Crippen LogP contribution in [0.2, 0.25) is 0 Å². The first-order valence-electron chi connectivity index (χ1n) is 12.4. The lowest BCUT2D eigenvalue weighted by atomic mass is 9.78. The lowest BCUT2D eigenvalue weighted by molar-refractivity contribution is -0.119. The van der Waals surface area contributed by atoms with Crippen LogP contribution in [0, 0.1) is 17.8 Å². The van der Waals surface area contributed by atoms with E-state index in [1.54, 1.807) is 0 Å². The minimum atomic E-state index is 0.479. The van der Waals surface area contributed by atoms with Crippen LogP contribution in [-0.2, 0) is 9.59 Å². The zero-order valence-corrected chi connectivity index (χ0v) is 20.1. The van der Waals surface area contributed by atoms with Crippen molar-refractivity contribution in [2.75, 3.05) is 0 Å². The van der Waals surface area contributed by atoms with E-state index < -0.39 is 0 Å². The smallest absolute Gasteiger partial charge is 0.132 e. The van der Waals surface area contributed by atoms with E-state index in [2.05, 4.69) is 34.6 Å². The van der Waals surface area contributed by atoms with Crippen molar-refractivity contribution >= 4 is 12.6 Å². The highest BCUT2D eigenvalue weighted by Crippen LogP contribution is 2.32. The maximum atomic E-state index is 11.5. The van der Waals surface area contributed by atoms with E-state index in [9.17, 15) is 4.79 Å². The normalized spacial score (nSPS) is 19.6. The third-order valence-corrected chi connectivity index (χ3v) is 6.21. The predicted molar refractivity (Wildman–Crippen MR) is 125 cm³/mol. The van der Waals surface area contributed by atoms with Gasteiger partial charge in [-0.25, -0.2) is 0 Å². The highest BCUT2D eigenvalue weighted by atomic mass is 16.1. The van der Waals surface area contributed by atoms with Crippen molar-refractivity contribution in [1.29, 1.82) is 0 Å². The van der Waals surface area contributed by atoms with E-state index in [4.69, 9.17) is 4.79 Å². The van der Waals surface area contributed by atoms with Crippen LogP contribution in [0.5, 0.6) is 0 Å². The Bertz CT molecular complexity index is 326. The Morgan fingerprint density at radius 2 is 1.46 bits per heavy atom. The van der Waals surface area contributed by atoms with Gasteiger partial charge in [0.1, 0.15) is 12.6 Å². The first kappa shape index (κ1) is 29.5. The van der Waals surface area contributed by atoms with Crippen LogP contribution in [-0.4, -0.2) is 12.6 Å². The summed E-state index contributed by atoms with van der Waals surface area (Å²) in [6, 6.07) is 0. The summed E-state index contributed by atoms with van der Waals surface area (Å²) in [6.45, 7) is 13.4. The SMILES string of the molecule is C=O.CCCCC1CCCCC1C.CCCCCC(=O)CCCC(C)CCC. The van der Waals surface area contributed by atoms with Crippen LogP contribution < -0.4 is 0 Å². The number of ketones is 1. The molecule has 1 saturated carbocycles. The third kappa shape index (κ3) is 18.7. The average molecular weight is 397 g/mol. The van der Waals surface area contributed by atoms with Crippen LogP contribution >= 0.6 is 0 Å². The molecule has 0 heterocycles. The van der Waals surface area contributed by atoms with Crippen molar-refractivity contribution in [1.82, 2.24) is 0 Å². The van der Waals surface area contributed by atoms with Gasteiger partial charge in [0.15, 0.2) is 0 Å². The van der Waals surface area contributed by atoms with Gasteiger partial charge in [-0.05, 0) is 30.6 Å². The third-order valence-electron chi connectivity index (χ3n) is 6.21. The first-order chi connectivity index (χ1) is 13.5. The molecule has 168 valence electrons. The summed E-state index contributed by atoms with van der Waals surface area (Å²) in [5.74, 6) is 3.38. The molecule has 1 rings (SSSR count). The molecule has 0 aliphatic heterocycles. The summed E-state index contributed by atoms with van der Waals surface area (Å²) in [5.41, 5.74) is 0. The number of carbonyl (C=O) groups excluding carboxylic acids is 2. The van der Waals surface area contributed by atoms with Crippen LogP contribution in [0.1, 0.15) is 137 Å². The molecule has 0 N–H and O–H groups in total. The highest BCUT2D eigenvalue weighted by Gasteiger charge is 2.19. The van der Waals surface area contributed by atoms with Crippen molar-refractivity contribution in [3.8, 4) is 0 Å². The highest BCUT2D eigenvalue weighted by molar-refractivity contribution is 5.78. The predicted octanol–water partition coefficient (Wildman–Crippen LogP) is 8.56. The summed E-state index contributed by atoms with van der Waals surface area (Å²) in [5, 5.41) is 0. The molecular weight excluding hydrogens is 344 g/mol. The molecule has 0 spiro atoms. The second-order valence-electron chi connectivity index (χ2n) is 8.95. The molecule has 0 saturated heterocycles. The van der Waals surface area contributed by atoms with Gasteiger partial charge in [-0.1, -0.05) is 112 Å². The Morgan fingerprint density at radius 3 is 2.04 bits per heavy atom. The number of unbranched alkanes of at least 4 members (excludes halogenated alkanes) is 3. The van der Waals surface area contributed by atoms with Gasteiger partial charge >= 0.3 is 0 Å². The lowest BCUT2D eigenvalue weighted by Crippen LogP contribution is -2.16. The summed E-state index contributed by atoms with van der Waals surface area (Å²) in [4.78, 5) is 19.5. The number of carbonyl (C=O) groups is 2. The molecule has 0 aromatic heterocycles. The Kier molecular flexibility index (Phi) is 23.9. The topological polar surface area (TPSA) is 34.1 Å². The van der Waals surface area contributed by atoms with Crippen molar-refractivity contribution < 1.29 is 9.59 Å². The quantitative estimate of drug-likeness (QED) is 0.292. The van der Waals surface area contributed by atoms with E-state index in [1.807, 2.05) is 6.79 Å². The van der Waals surface area contributed by atoms with E-state index in [1.165, 1.54) is 77.0 Å². The average Bonchev–Trinajstić information content (AvgIpc) is 2.70. The molecule has 1 aliphatic carbocycles. The molecule has 0 amide bonds. The summed E-state index contributed by atoms with van der Waals surface area (Å²) >= 11 is 0. The minimum absolute atomic E-state index is 0.479. The molecule has 2 heteroatoms. The van der Waals surface area contributed by atoms with E-state index >= 15 is 0 Å². The van der Waals surface area contributed by atoms with Gasteiger partial charge < -0.3 is 4.79 Å². The van der Waals surface area contributed by atoms with Gasteiger partial charge in [0.2, 0.25) is 0 Å². The zero-order valence-electron chi connectivity index (χ0n) is 20.1. The summed E-state index contributed by atoms with van der Waals surface area (Å²) < 4.78 is 0. The lowest BCUT2D eigenvalue weighted by Gasteiger charge is -2.28. The standard InChI is InChI=1S/C14H28O.C11H22.CH2O/c1-4-6-7-11-14(15)12-8-10-13(3)9-5-2;1-3-4-8-11-9-6-5-7-10(11)2;1-2/h13H,4-12H2,1-3H3;10-11H,3-9H2,1-2H3;1H2. The summed E-state index contributed by atoms with van der Waals surface area (Å²) in [7, 11) is 0. The van der Waals surface area contributed by atoms with Crippen molar-refractivity contribution in [2.45, 2.75) is 137 Å². The Hall–Kier alpha value is -0.660. The van der Waals surface area contributed by atoms with Gasteiger partial charge in [-0.2, -0.15) is 0 Å². The monoisotopic (exact) mass is 396 g/mol. The van der Waals surface area contributed by atoms with Crippen molar-refractivity contribution in [3.63, 3.8) is 0 Å². The molecule has 1 fully saturated rings. The molecule has 0 bridgehead atoms. The maximum Gasteiger partial charge on any atom is 0.132 e. The summed E-state index contributed by atoms with van der Waals surface area (Å²) in [6.07, 6.45) is 20.4. The molecule has 0 aromatic carbocycles. The fourth-order valence-corrected chi connectivity index (χ4v) is 4.27. The van der Waals surface area contributed by atoms with Crippen LogP contribution in [0.25, 0.3) is 0 Å². The maximum absolute atomic E-state index is 11.5. The number of rotatable bonds is 13. The minimum Gasteiger partial charge on any atom is -0.307 e. The zero-order chi connectivity index (χ0) is 21.6. The number of hydrogen-bond acceptors (Lipinski definition) is 2. The molecule has 3 unspecified atom stereocenters. The molecule has 0 radical (unpaired) electrons. The first-order valence-corrected chi connectivity index (χ1v) is 12.4. The second-order valence-corrected chi connectivity index (χ2v) is 8.95. The fraction of sp³-hybridized carbons (Fsp3) is 0.923. The largest absolute Gasteiger partial charge is 0.307 e. The van der Waals surface area contributed by atoms with Crippen molar-refractivity contribution in [2.24, 2.45) is 17.8 Å². The van der Waals surface area contributed by atoms with Crippen LogP contribution in [0.15, 0.2) is 0 Å². The van der Waals surface area contributed by atoms with Crippen LogP contribution in [0.4, 0.5) is 0 Å². The molecule has 2 nitrogen and oxygen atoms in total. The van der Waals surface area contributed by atoms with E-state index in [0.29, 0.717) is 5.78 Å². The van der Waals surface area contributed by atoms with Gasteiger partial charge in [0.25, 0.3) is 0 Å². The van der Waals surface area contributed by atoms with Crippen molar-refractivity contribution in [3.05, 3.63) is 0 Å². The van der Waals surface area contributed by atoms with E-state index in [0.717, 1.165) is 43.4 Å². The molecule has 3 atom stereocenters.